The second kappa shape index (κ2) is 8.33. The van der Waals surface area contributed by atoms with Crippen LogP contribution in [0.3, 0.4) is 0 Å². The van der Waals surface area contributed by atoms with E-state index in [0.29, 0.717) is 25.5 Å². The number of ether oxygens (including phenoxy) is 3. The molecule has 2 aliphatic rings. The van der Waals surface area contributed by atoms with Crippen LogP contribution in [0, 0.1) is 0 Å². The number of fused-ring (bicyclic) bond motifs is 1. The van der Waals surface area contributed by atoms with E-state index in [9.17, 15) is 8.42 Å². The number of benzene rings is 1. The molecule has 1 saturated heterocycles. The fraction of sp³-hybridized carbons (Fsp3) is 0.625. The highest BCUT2D eigenvalue weighted by molar-refractivity contribution is 7.87. The number of hydrogen-bond donors (Lipinski definition) is 2. The van der Waals surface area contributed by atoms with E-state index < -0.39 is 10.2 Å². The van der Waals surface area contributed by atoms with Crippen LogP contribution in [0.25, 0.3) is 0 Å². The zero-order chi connectivity index (χ0) is 17.7. The van der Waals surface area contributed by atoms with Crippen LogP contribution in [0.5, 0.6) is 11.5 Å². The van der Waals surface area contributed by atoms with Crippen molar-refractivity contribution in [3.05, 3.63) is 23.8 Å². The summed E-state index contributed by atoms with van der Waals surface area (Å²) in [5, 5.41) is 0. The van der Waals surface area contributed by atoms with Gasteiger partial charge in [-0.15, -0.1) is 0 Å². The van der Waals surface area contributed by atoms with Crippen LogP contribution in [0.2, 0.25) is 0 Å². The summed E-state index contributed by atoms with van der Waals surface area (Å²) in [5.41, 5.74) is 0.990. The van der Waals surface area contributed by atoms with Gasteiger partial charge in [0.2, 0.25) is 6.79 Å². The summed E-state index contributed by atoms with van der Waals surface area (Å²) in [6.45, 7) is 5.62. The van der Waals surface area contributed by atoms with Crippen LogP contribution >= 0.6 is 0 Å². The lowest BCUT2D eigenvalue weighted by Gasteiger charge is -2.35. The van der Waals surface area contributed by atoms with Gasteiger partial charge in [0.15, 0.2) is 11.5 Å². The second-order valence-corrected chi connectivity index (χ2v) is 7.61. The smallest absolute Gasteiger partial charge is 0.276 e. The Balaban J connectivity index is 1.75. The van der Waals surface area contributed by atoms with Crippen molar-refractivity contribution in [1.29, 1.82) is 0 Å². The monoisotopic (exact) mass is 371 g/mol. The third kappa shape index (κ3) is 4.83. The van der Waals surface area contributed by atoms with Crippen molar-refractivity contribution in [1.82, 2.24) is 14.3 Å². The summed E-state index contributed by atoms with van der Waals surface area (Å²) in [6, 6.07) is 5.66. The summed E-state index contributed by atoms with van der Waals surface area (Å²) >= 11 is 0. The molecule has 25 heavy (non-hydrogen) atoms. The zero-order valence-electron chi connectivity index (χ0n) is 14.4. The van der Waals surface area contributed by atoms with E-state index in [4.69, 9.17) is 14.2 Å². The molecule has 0 bridgehead atoms. The molecule has 1 aromatic carbocycles. The van der Waals surface area contributed by atoms with Gasteiger partial charge in [0.1, 0.15) is 0 Å². The Labute approximate surface area is 148 Å². The normalized spacial score (nSPS) is 19.1. The maximum Gasteiger partial charge on any atom is 0.276 e. The highest BCUT2D eigenvalue weighted by Gasteiger charge is 2.26. The van der Waals surface area contributed by atoms with Crippen molar-refractivity contribution >= 4 is 10.2 Å². The SMILES string of the molecule is CCCNS(=O)(=O)NCC(c1ccc2c(c1)OCO2)N1CCOCC1. The van der Waals surface area contributed by atoms with Gasteiger partial charge in [-0.25, -0.2) is 9.44 Å². The molecular formula is C16H25N3O5S. The van der Waals surface area contributed by atoms with Crippen molar-refractivity contribution in [2.45, 2.75) is 19.4 Å². The highest BCUT2D eigenvalue weighted by atomic mass is 32.2. The largest absolute Gasteiger partial charge is 0.454 e. The first kappa shape index (κ1) is 18.4. The summed E-state index contributed by atoms with van der Waals surface area (Å²) in [4.78, 5) is 2.23. The minimum absolute atomic E-state index is 0.100. The van der Waals surface area contributed by atoms with Crippen LogP contribution in [0.4, 0.5) is 0 Å². The van der Waals surface area contributed by atoms with Crippen LogP contribution in [0.15, 0.2) is 18.2 Å². The Morgan fingerprint density at radius 2 is 1.92 bits per heavy atom. The lowest BCUT2D eigenvalue weighted by Crippen LogP contribution is -2.46. The fourth-order valence-electron chi connectivity index (χ4n) is 2.94. The number of morpholine rings is 1. The molecule has 1 fully saturated rings. The molecule has 0 saturated carbocycles. The first-order valence-corrected chi connectivity index (χ1v) is 10.0. The topological polar surface area (TPSA) is 89.1 Å². The number of rotatable bonds is 8. The van der Waals surface area contributed by atoms with Gasteiger partial charge in [-0.05, 0) is 24.1 Å². The maximum atomic E-state index is 12.1. The van der Waals surface area contributed by atoms with Crippen LogP contribution in [-0.4, -0.2) is 59.5 Å². The molecule has 0 spiro atoms. The molecule has 0 aromatic heterocycles. The molecule has 0 aliphatic carbocycles. The summed E-state index contributed by atoms with van der Waals surface area (Å²) in [5.74, 6) is 1.41. The van der Waals surface area contributed by atoms with Crippen molar-refractivity contribution in [2.75, 3.05) is 46.2 Å². The van der Waals surface area contributed by atoms with Gasteiger partial charge < -0.3 is 14.2 Å². The Morgan fingerprint density at radius 1 is 1.16 bits per heavy atom. The van der Waals surface area contributed by atoms with Gasteiger partial charge in [-0.1, -0.05) is 13.0 Å². The van der Waals surface area contributed by atoms with Gasteiger partial charge >= 0.3 is 0 Å². The maximum absolute atomic E-state index is 12.1. The minimum atomic E-state index is -3.51. The molecule has 0 radical (unpaired) electrons. The third-order valence-electron chi connectivity index (χ3n) is 4.28. The Kier molecular flexibility index (Phi) is 6.13. The molecule has 1 unspecified atom stereocenters. The van der Waals surface area contributed by atoms with Crippen molar-refractivity contribution < 1.29 is 22.6 Å². The van der Waals surface area contributed by atoms with Gasteiger partial charge in [0, 0.05) is 32.2 Å². The van der Waals surface area contributed by atoms with Crippen molar-refractivity contribution in [3.63, 3.8) is 0 Å². The molecule has 2 N–H and O–H groups in total. The Bertz CT molecular complexity index is 676. The molecule has 1 atom stereocenters. The van der Waals surface area contributed by atoms with Gasteiger partial charge in [-0.2, -0.15) is 8.42 Å². The van der Waals surface area contributed by atoms with E-state index in [0.717, 1.165) is 30.8 Å². The molecule has 8 nitrogen and oxygen atoms in total. The summed E-state index contributed by atoms with van der Waals surface area (Å²) in [6.07, 6.45) is 0.746. The van der Waals surface area contributed by atoms with Crippen LogP contribution in [-0.2, 0) is 14.9 Å². The Morgan fingerprint density at radius 3 is 2.68 bits per heavy atom. The second-order valence-electron chi connectivity index (χ2n) is 6.02. The van der Waals surface area contributed by atoms with Crippen LogP contribution < -0.4 is 18.9 Å². The number of nitrogens with zero attached hydrogens (tertiary/aromatic N) is 1. The predicted octanol–water partition coefficient (Wildman–Crippen LogP) is 0.623. The quantitative estimate of drug-likeness (QED) is 0.697. The van der Waals surface area contributed by atoms with E-state index in [-0.39, 0.29) is 19.4 Å². The molecule has 2 heterocycles. The molecule has 0 amide bonds. The average Bonchev–Trinajstić information content (AvgIpc) is 3.09. The fourth-order valence-corrected chi connectivity index (χ4v) is 3.90. The molecular weight excluding hydrogens is 346 g/mol. The Hall–Kier alpha value is -1.39. The van der Waals surface area contributed by atoms with E-state index in [1.807, 2.05) is 25.1 Å². The molecule has 2 aliphatic heterocycles. The summed E-state index contributed by atoms with van der Waals surface area (Å²) < 4.78 is 45.6. The van der Waals surface area contributed by atoms with Gasteiger partial charge in [0.05, 0.1) is 13.2 Å². The van der Waals surface area contributed by atoms with Gasteiger partial charge in [0.25, 0.3) is 10.2 Å². The van der Waals surface area contributed by atoms with Crippen molar-refractivity contribution in [3.8, 4) is 11.5 Å². The van der Waals surface area contributed by atoms with Crippen LogP contribution in [0.1, 0.15) is 24.9 Å². The minimum Gasteiger partial charge on any atom is -0.454 e. The first-order valence-electron chi connectivity index (χ1n) is 8.54. The van der Waals surface area contributed by atoms with E-state index in [2.05, 4.69) is 14.3 Å². The molecule has 1 aromatic rings. The summed E-state index contributed by atoms with van der Waals surface area (Å²) in [7, 11) is -3.51. The van der Waals surface area contributed by atoms with E-state index >= 15 is 0 Å². The van der Waals surface area contributed by atoms with E-state index in [1.54, 1.807) is 0 Å². The van der Waals surface area contributed by atoms with Gasteiger partial charge in [-0.3, -0.25) is 4.90 Å². The van der Waals surface area contributed by atoms with E-state index in [1.165, 1.54) is 0 Å². The zero-order valence-corrected chi connectivity index (χ0v) is 15.2. The predicted molar refractivity (Wildman–Crippen MR) is 92.9 cm³/mol. The number of hydrogen-bond acceptors (Lipinski definition) is 6. The lowest BCUT2D eigenvalue weighted by atomic mass is 10.0. The van der Waals surface area contributed by atoms with Crippen molar-refractivity contribution in [2.24, 2.45) is 0 Å². The molecule has 3 rings (SSSR count). The highest BCUT2D eigenvalue weighted by Crippen LogP contribution is 2.35. The first-order chi connectivity index (χ1) is 12.1. The molecule has 140 valence electrons. The number of nitrogens with one attached hydrogen (secondary N) is 2. The standard InChI is InChI=1S/C16H25N3O5S/c1-2-5-17-25(20,21)18-11-14(19-6-8-22-9-7-19)13-3-4-15-16(10-13)24-12-23-15/h3-4,10,14,17-18H,2,5-9,11-12H2,1H3. The average molecular weight is 371 g/mol. The third-order valence-corrected chi connectivity index (χ3v) is 5.41. The molecule has 9 heteroatoms. The lowest BCUT2D eigenvalue weighted by molar-refractivity contribution is 0.0171.